The Morgan fingerprint density at radius 2 is 2.17 bits per heavy atom. The first-order chi connectivity index (χ1) is 8.40. The van der Waals surface area contributed by atoms with Gasteiger partial charge in [0.05, 0.1) is 0 Å². The van der Waals surface area contributed by atoms with Gasteiger partial charge in [-0.3, -0.25) is 4.79 Å². The molecule has 0 radical (unpaired) electrons. The van der Waals surface area contributed by atoms with Gasteiger partial charge in [0.2, 0.25) is 5.91 Å². The van der Waals surface area contributed by atoms with Crippen LogP contribution in [0.5, 0.6) is 0 Å². The molecule has 1 aromatic carbocycles. The van der Waals surface area contributed by atoms with E-state index < -0.39 is 12.0 Å². The average molecular weight is 268 g/mol. The molecule has 0 heterocycles. The Kier molecular flexibility index (Phi) is 5.03. The number of nitrogen functional groups attached to an aromatic ring is 1. The number of benzene rings is 1. The number of rotatable bonds is 5. The van der Waals surface area contributed by atoms with Crippen LogP contribution in [0.2, 0.25) is 0 Å². The van der Waals surface area contributed by atoms with Gasteiger partial charge in [0, 0.05) is 23.3 Å². The molecule has 0 aromatic heterocycles. The fourth-order valence-electron chi connectivity index (χ4n) is 1.43. The summed E-state index contributed by atoms with van der Waals surface area (Å²) in [7, 11) is 0. The minimum absolute atomic E-state index is 0.277. The summed E-state index contributed by atoms with van der Waals surface area (Å²) in [5.41, 5.74) is 7.30. The third kappa shape index (κ3) is 4.29. The predicted octanol–water partition coefficient (Wildman–Crippen LogP) is 1.26. The first-order valence-corrected chi connectivity index (χ1v) is 6.37. The maximum Gasteiger partial charge on any atom is 0.327 e. The number of anilines is 1. The molecular weight excluding hydrogens is 252 g/mol. The number of carboxylic acid groups (broad SMARTS) is 1. The topological polar surface area (TPSA) is 92.4 Å². The maximum absolute atomic E-state index is 10.9. The average Bonchev–Trinajstić information content (AvgIpc) is 2.25. The zero-order chi connectivity index (χ0) is 13.7. The van der Waals surface area contributed by atoms with E-state index in [0.29, 0.717) is 5.69 Å². The largest absolute Gasteiger partial charge is 0.480 e. The Bertz CT molecular complexity index is 463. The molecule has 0 spiro atoms. The summed E-state index contributed by atoms with van der Waals surface area (Å²) >= 11 is 1.38. The van der Waals surface area contributed by atoms with Crippen molar-refractivity contribution >= 4 is 29.3 Å². The second kappa shape index (κ2) is 6.30. The Labute approximate surface area is 110 Å². The van der Waals surface area contributed by atoms with Gasteiger partial charge >= 0.3 is 5.97 Å². The van der Waals surface area contributed by atoms with Crippen LogP contribution < -0.4 is 11.1 Å². The second-order valence-corrected chi connectivity index (χ2v) is 4.99. The SMILES string of the molecule is CC(=O)NC(CSc1ccc(N)cc1C)C(=O)O. The quantitative estimate of drug-likeness (QED) is 0.552. The van der Waals surface area contributed by atoms with Crippen molar-refractivity contribution in [2.75, 3.05) is 11.5 Å². The molecular formula is C12H16N2O3S. The van der Waals surface area contributed by atoms with Crippen LogP contribution in [0.25, 0.3) is 0 Å². The fourth-order valence-corrected chi connectivity index (χ4v) is 2.45. The Hall–Kier alpha value is -1.69. The van der Waals surface area contributed by atoms with Gasteiger partial charge in [-0.1, -0.05) is 0 Å². The Morgan fingerprint density at radius 3 is 2.67 bits per heavy atom. The molecule has 6 heteroatoms. The molecule has 0 saturated heterocycles. The van der Waals surface area contributed by atoms with Crippen molar-refractivity contribution in [3.05, 3.63) is 23.8 Å². The van der Waals surface area contributed by atoms with Crippen LogP contribution in [0.15, 0.2) is 23.1 Å². The van der Waals surface area contributed by atoms with Gasteiger partial charge in [0.15, 0.2) is 0 Å². The van der Waals surface area contributed by atoms with Gasteiger partial charge in [-0.2, -0.15) is 0 Å². The molecule has 0 saturated carbocycles. The molecule has 1 atom stereocenters. The van der Waals surface area contributed by atoms with E-state index in [1.54, 1.807) is 6.07 Å². The molecule has 0 aliphatic carbocycles. The lowest BCUT2D eigenvalue weighted by molar-refractivity contribution is -0.140. The molecule has 5 nitrogen and oxygen atoms in total. The molecule has 1 aromatic rings. The zero-order valence-electron chi connectivity index (χ0n) is 10.3. The smallest absolute Gasteiger partial charge is 0.327 e. The highest BCUT2D eigenvalue weighted by molar-refractivity contribution is 7.99. The molecule has 18 heavy (non-hydrogen) atoms. The molecule has 0 bridgehead atoms. The van der Waals surface area contributed by atoms with Crippen molar-refractivity contribution < 1.29 is 14.7 Å². The van der Waals surface area contributed by atoms with Crippen LogP contribution in [0, 0.1) is 6.92 Å². The van der Waals surface area contributed by atoms with Gasteiger partial charge in [-0.15, -0.1) is 11.8 Å². The summed E-state index contributed by atoms with van der Waals surface area (Å²) in [6.07, 6.45) is 0. The van der Waals surface area contributed by atoms with E-state index in [4.69, 9.17) is 10.8 Å². The van der Waals surface area contributed by atoms with Crippen LogP contribution in [-0.4, -0.2) is 28.8 Å². The van der Waals surface area contributed by atoms with Crippen LogP contribution >= 0.6 is 11.8 Å². The van der Waals surface area contributed by atoms with E-state index in [0.717, 1.165) is 10.5 Å². The molecule has 1 rings (SSSR count). The Balaban J connectivity index is 2.66. The number of carbonyl (C=O) groups is 2. The first-order valence-electron chi connectivity index (χ1n) is 5.39. The molecule has 0 aliphatic rings. The van der Waals surface area contributed by atoms with E-state index in [1.165, 1.54) is 18.7 Å². The van der Waals surface area contributed by atoms with Crippen LogP contribution in [-0.2, 0) is 9.59 Å². The first kappa shape index (κ1) is 14.4. The number of aliphatic carboxylic acids is 1. The van der Waals surface area contributed by atoms with Gasteiger partial charge in [-0.05, 0) is 30.7 Å². The van der Waals surface area contributed by atoms with Crippen molar-refractivity contribution in [2.45, 2.75) is 24.8 Å². The van der Waals surface area contributed by atoms with E-state index in [2.05, 4.69) is 5.32 Å². The number of carbonyl (C=O) groups excluding carboxylic acids is 1. The highest BCUT2D eigenvalue weighted by atomic mass is 32.2. The zero-order valence-corrected chi connectivity index (χ0v) is 11.1. The van der Waals surface area contributed by atoms with Crippen molar-refractivity contribution in [3.8, 4) is 0 Å². The molecule has 98 valence electrons. The molecule has 0 fully saturated rings. The van der Waals surface area contributed by atoms with Crippen molar-refractivity contribution in [2.24, 2.45) is 0 Å². The third-order valence-electron chi connectivity index (χ3n) is 2.28. The lowest BCUT2D eigenvalue weighted by atomic mass is 10.2. The lowest BCUT2D eigenvalue weighted by Crippen LogP contribution is -2.41. The third-order valence-corrected chi connectivity index (χ3v) is 3.55. The highest BCUT2D eigenvalue weighted by Crippen LogP contribution is 2.24. The van der Waals surface area contributed by atoms with Gasteiger partial charge in [0.25, 0.3) is 0 Å². The standard InChI is InChI=1S/C12H16N2O3S/c1-7-5-9(13)3-4-11(7)18-6-10(12(16)17)14-8(2)15/h3-5,10H,6,13H2,1-2H3,(H,14,15)(H,16,17). The van der Waals surface area contributed by atoms with E-state index in [1.807, 2.05) is 19.1 Å². The number of nitrogens with two attached hydrogens (primary N) is 1. The predicted molar refractivity (Wildman–Crippen MR) is 71.6 cm³/mol. The second-order valence-electron chi connectivity index (χ2n) is 3.93. The summed E-state index contributed by atoms with van der Waals surface area (Å²) in [6, 6.07) is 4.56. The lowest BCUT2D eigenvalue weighted by Gasteiger charge is -2.13. The van der Waals surface area contributed by atoms with Crippen molar-refractivity contribution in [1.29, 1.82) is 0 Å². The van der Waals surface area contributed by atoms with Crippen LogP contribution in [0.3, 0.4) is 0 Å². The minimum atomic E-state index is -1.04. The number of hydrogen-bond donors (Lipinski definition) is 3. The van der Waals surface area contributed by atoms with Gasteiger partial charge < -0.3 is 16.2 Å². The van der Waals surface area contributed by atoms with Crippen LogP contribution in [0.1, 0.15) is 12.5 Å². The summed E-state index contributed by atoms with van der Waals surface area (Å²) in [5.74, 6) is -1.11. The van der Waals surface area contributed by atoms with Gasteiger partial charge in [-0.25, -0.2) is 4.79 Å². The number of carboxylic acids is 1. The van der Waals surface area contributed by atoms with E-state index >= 15 is 0 Å². The molecule has 1 amide bonds. The maximum atomic E-state index is 10.9. The number of amides is 1. The minimum Gasteiger partial charge on any atom is -0.480 e. The number of nitrogens with one attached hydrogen (secondary N) is 1. The van der Waals surface area contributed by atoms with E-state index in [9.17, 15) is 9.59 Å². The normalized spacial score (nSPS) is 11.9. The summed E-state index contributed by atoms with van der Waals surface area (Å²) in [5, 5.41) is 11.4. The van der Waals surface area contributed by atoms with E-state index in [-0.39, 0.29) is 11.7 Å². The fraction of sp³-hybridized carbons (Fsp3) is 0.333. The van der Waals surface area contributed by atoms with Crippen molar-refractivity contribution in [3.63, 3.8) is 0 Å². The Morgan fingerprint density at radius 1 is 1.50 bits per heavy atom. The molecule has 1 unspecified atom stereocenters. The molecule has 4 N–H and O–H groups in total. The van der Waals surface area contributed by atoms with Gasteiger partial charge in [0.1, 0.15) is 6.04 Å². The number of thioether (sulfide) groups is 1. The van der Waals surface area contributed by atoms with Crippen molar-refractivity contribution in [1.82, 2.24) is 5.32 Å². The highest BCUT2D eigenvalue weighted by Gasteiger charge is 2.18. The summed E-state index contributed by atoms with van der Waals surface area (Å²) in [6.45, 7) is 3.21. The number of aryl methyl sites for hydroxylation is 1. The summed E-state index contributed by atoms with van der Waals surface area (Å²) in [4.78, 5) is 22.8. The van der Waals surface area contributed by atoms with Crippen LogP contribution in [0.4, 0.5) is 5.69 Å². The molecule has 0 aliphatic heterocycles. The summed E-state index contributed by atoms with van der Waals surface area (Å²) < 4.78 is 0. The number of hydrogen-bond acceptors (Lipinski definition) is 4. The monoisotopic (exact) mass is 268 g/mol.